The molecule has 0 unspecified atom stereocenters. The van der Waals surface area contributed by atoms with Crippen molar-refractivity contribution in [1.82, 2.24) is 14.5 Å². The number of aromatic nitrogens is 3. The molecular formula is C13H11ClN4. The van der Waals surface area contributed by atoms with Gasteiger partial charge in [-0.05, 0) is 30.3 Å². The molecule has 0 radical (unpaired) electrons. The Kier molecular flexibility index (Phi) is 2.45. The number of anilines is 1. The third-order valence-electron chi connectivity index (χ3n) is 2.92. The Morgan fingerprint density at radius 3 is 2.83 bits per heavy atom. The van der Waals surface area contributed by atoms with Crippen molar-refractivity contribution in [1.29, 1.82) is 0 Å². The average Bonchev–Trinajstić information content (AvgIpc) is 2.71. The third kappa shape index (κ3) is 1.62. The van der Waals surface area contributed by atoms with Gasteiger partial charge in [0, 0.05) is 18.8 Å². The molecule has 0 saturated heterocycles. The summed E-state index contributed by atoms with van der Waals surface area (Å²) in [5.41, 5.74) is 8.91. The first-order chi connectivity index (χ1) is 8.66. The standard InChI is InChI=1S/C13H11ClN4/c1-18-11-3-2-6-16-12(11)17-13(18)8-4-5-10(15)9(14)7-8/h2-7H,15H2,1H3. The predicted molar refractivity (Wildman–Crippen MR) is 73.4 cm³/mol. The lowest BCUT2D eigenvalue weighted by molar-refractivity contribution is 0.959. The molecule has 18 heavy (non-hydrogen) atoms. The fraction of sp³-hybridized carbons (Fsp3) is 0.0769. The summed E-state index contributed by atoms with van der Waals surface area (Å²) in [5, 5.41) is 0.535. The molecule has 2 N–H and O–H groups in total. The van der Waals surface area contributed by atoms with E-state index in [1.165, 1.54) is 0 Å². The van der Waals surface area contributed by atoms with Crippen molar-refractivity contribution in [2.75, 3.05) is 5.73 Å². The van der Waals surface area contributed by atoms with Crippen molar-refractivity contribution in [3.63, 3.8) is 0 Å². The maximum Gasteiger partial charge on any atom is 0.178 e. The van der Waals surface area contributed by atoms with Crippen LogP contribution in [0.2, 0.25) is 5.02 Å². The number of rotatable bonds is 1. The lowest BCUT2D eigenvalue weighted by Gasteiger charge is -2.04. The molecule has 0 atom stereocenters. The second-order valence-corrected chi connectivity index (χ2v) is 4.48. The molecule has 5 heteroatoms. The molecule has 0 amide bonds. The summed E-state index contributed by atoms with van der Waals surface area (Å²) < 4.78 is 1.99. The maximum atomic E-state index is 6.04. The van der Waals surface area contributed by atoms with E-state index >= 15 is 0 Å². The lowest BCUT2D eigenvalue weighted by atomic mass is 10.2. The van der Waals surface area contributed by atoms with Gasteiger partial charge in [-0.15, -0.1) is 0 Å². The van der Waals surface area contributed by atoms with Crippen LogP contribution in [0.5, 0.6) is 0 Å². The van der Waals surface area contributed by atoms with Gasteiger partial charge in [0.05, 0.1) is 16.2 Å². The van der Waals surface area contributed by atoms with Crippen molar-refractivity contribution in [3.8, 4) is 11.4 Å². The SMILES string of the molecule is Cn1c(-c2ccc(N)c(Cl)c2)nc2ncccc21. The van der Waals surface area contributed by atoms with Crippen molar-refractivity contribution in [3.05, 3.63) is 41.6 Å². The molecule has 3 aromatic rings. The Balaban J connectivity index is 2.25. The number of hydrogen-bond donors (Lipinski definition) is 1. The molecule has 0 aliphatic rings. The van der Waals surface area contributed by atoms with E-state index in [9.17, 15) is 0 Å². The molecule has 0 aliphatic carbocycles. The Morgan fingerprint density at radius 2 is 2.11 bits per heavy atom. The van der Waals surface area contributed by atoms with E-state index in [-0.39, 0.29) is 0 Å². The minimum absolute atomic E-state index is 0.535. The second kappa shape index (κ2) is 3.99. The molecule has 4 nitrogen and oxygen atoms in total. The number of aryl methyl sites for hydroxylation is 1. The highest BCUT2D eigenvalue weighted by molar-refractivity contribution is 6.33. The minimum atomic E-state index is 0.535. The summed E-state index contributed by atoms with van der Waals surface area (Å²) in [4.78, 5) is 8.74. The molecule has 90 valence electrons. The summed E-state index contributed by atoms with van der Waals surface area (Å²) in [6.07, 6.45) is 1.73. The van der Waals surface area contributed by atoms with Crippen LogP contribution in [0.3, 0.4) is 0 Å². The van der Waals surface area contributed by atoms with Crippen LogP contribution >= 0.6 is 11.6 Å². The summed E-state index contributed by atoms with van der Waals surface area (Å²) in [6, 6.07) is 9.38. The average molecular weight is 259 g/mol. The van der Waals surface area contributed by atoms with Gasteiger partial charge in [-0.2, -0.15) is 0 Å². The van der Waals surface area contributed by atoms with E-state index in [2.05, 4.69) is 9.97 Å². The second-order valence-electron chi connectivity index (χ2n) is 4.08. The summed E-state index contributed by atoms with van der Waals surface area (Å²) in [5.74, 6) is 0.825. The highest BCUT2D eigenvalue weighted by atomic mass is 35.5. The smallest absolute Gasteiger partial charge is 0.178 e. The van der Waals surface area contributed by atoms with Crippen LogP contribution in [-0.4, -0.2) is 14.5 Å². The highest BCUT2D eigenvalue weighted by Gasteiger charge is 2.11. The van der Waals surface area contributed by atoms with Gasteiger partial charge in [0.15, 0.2) is 5.65 Å². The van der Waals surface area contributed by atoms with Gasteiger partial charge < -0.3 is 10.3 Å². The normalized spacial score (nSPS) is 11.0. The van der Waals surface area contributed by atoms with Crippen LogP contribution in [0.4, 0.5) is 5.69 Å². The first-order valence-corrected chi connectivity index (χ1v) is 5.87. The van der Waals surface area contributed by atoms with E-state index < -0.39 is 0 Å². The number of nitrogens with two attached hydrogens (primary N) is 1. The summed E-state index contributed by atoms with van der Waals surface area (Å²) in [7, 11) is 1.95. The lowest BCUT2D eigenvalue weighted by Crippen LogP contribution is -1.93. The van der Waals surface area contributed by atoms with Gasteiger partial charge in [-0.25, -0.2) is 9.97 Å². The summed E-state index contributed by atoms with van der Waals surface area (Å²) in [6.45, 7) is 0. The van der Waals surface area contributed by atoms with Crippen molar-refractivity contribution >= 4 is 28.5 Å². The molecular weight excluding hydrogens is 248 g/mol. The number of pyridine rings is 1. The number of nitrogen functional groups attached to an aromatic ring is 1. The van der Waals surface area contributed by atoms with E-state index in [0.717, 1.165) is 22.6 Å². The fourth-order valence-corrected chi connectivity index (χ4v) is 2.13. The molecule has 0 spiro atoms. The van der Waals surface area contributed by atoms with Crippen LogP contribution in [0.1, 0.15) is 0 Å². The number of nitrogens with zero attached hydrogens (tertiary/aromatic N) is 3. The molecule has 2 heterocycles. The van der Waals surface area contributed by atoms with E-state index in [4.69, 9.17) is 17.3 Å². The largest absolute Gasteiger partial charge is 0.398 e. The predicted octanol–water partition coefficient (Wildman–Crippen LogP) is 2.87. The van der Waals surface area contributed by atoms with Gasteiger partial charge >= 0.3 is 0 Å². The van der Waals surface area contributed by atoms with Crippen LogP contribution in [0.15, 0.2) is 36.5 Å². The van der Waals surface area contributed by atoms with E-state index in [1.807, 2.05) is 35.9 Å². The van der Waals surface area contributed by atoms with Gasteiger partial charge in [0.25, 0.3) is 0 Å². The third-order valence-corrected chi connectivity index (χ3v) is 3.24. The van der Waals surface area contributed by atoms with Crippen LogP contribution in [-0.2, 0) is 7.05 Å². The first kappa shape index (κ1) is 11.0. The number of fused-ring (bicyclic) bond motifs is 1. The molecule has 2 aromatic heterocycles. The molecule has 0 saturated carbocycles. The maximum absolute atomic E-state index is 6.04. The Labute approximate surface area is 109 Å². The zero-order valence-corrected chi connectivity index (χ0v) is 10.5. The quantitative estimate of drug-likeness (QED) is 0.683. The minimum Gasteiger partial charge on any atom is -0.398 e. The zero-order valence-electron chi connectivity index (χ0n) is 9.76. The van der Waals surface area contributed by atoms with Gasteiger partial charge in [0.1, 0.15) is 5.82 Å². The molecule has 1 aromatic carbocycles. The monoisotopic (exact) mass is 258 g/mol. The van der Waals surface area contributed by atoms with Crippen LogP contribution in [0.25, 0.3) is 22.6 Å². The van der Waals surface area contributed by atoms with Gasteiger partial charge in [-0.1, -0.05) is 11.6 Å². The van der Waals surface area contributed by atoms with Crippen LogP contribution < -0.4 is 5.73 Å². The van der Waals surface area contributed by atoms with Crippen molar-refractivity contribution < 1.29 is 0 Å². The zero-order chi connectivity index (χ0) is 12.7. The number of halogens is 1. The van der Waals surface area contributed by atoms with Crippen molar-refractivity contribution in [2.45, 2.75) is 0 Å². The number of hydrogen-bond acceptors (Lipinski definition) is 3. The number of benzene rings is 1. The molecule has 0 fully saturated rings. The topological polar surface area (TPSA) is 56.7 Å². The highest BCUT2D eigenvalue weighted by Crippen LogP contribution is 2.27. The first-order valence-electron chi connectivity index (χ1n) is 5.49. The Hall–Kier alpha value is -2.07. The van der Waals surface area contributed by atoms with E-state index in [0.29, 0.717) is 10.7 Å². The van der Waals surface area contributed by atoms with Crippen LogP contribution in [0, 0.1) is 0 Å². The number of imidazole rings is 1. The van der Waals surface area contributed by atoms with Gasteiger partial charge in [0.2, 0.25) is 0 Å². The molecule has 0 aliphatic heterocycles. The fourth-order valence-electron chi connectivity index (χ4n) is 1.95. The summed E-state index contributed by atoms with van der Waals surface area (Å²) >= 11 is 6.04. The van der Waals surface area contributed by atoms with E-state index in [1.54, 1.807) is 12.3 Å². The Bertz CT molecular complexity index is 733. The molecule has 3 rings (SSSR count). The van der Waals surface area contributed by atoms with Crippen molar-refractivity contribution in [2.24, 2.45) is 7.05 Å². The molecule has 0 bridgehead atoms. The Morgan fingerprint density at radius 1 is 1.28 bits per heavy atom. The van der Waals surface area contributed by atoms with Gasteiger partial charge in [-0.3, -0.25) is 0 Å².